The predicted octanol–water partition coefficient (Wildman–Crippen LogP) is 5.67. The summed E-state index contributed by atoms with van der Waals surface area (Å²) in [6.07, 6.45) is 0. The molecule has 0 atom stereocenters. The number of para-hydroxylation sites is 1. The first-order valence-electron chi connectivity index (χ1n) is 9.29. The van der Waals surface area contributed by atoms with Crippen LogP contribution in [0.15, 0.2) is 60.7 Å². The number of halogens is 1. The van der Waals surface area contributed by atoms with Gasteiger partial charge >= 0.3 is 0 Å². The number of fused-ring (bicyclic) bond motifs is 2. The van der Waals surface area contributed by atoms with E-state index in [1.807, 2.05) is 19.9 Å². The van der Waals surface area contributed by atoms with Crippen molar-refractivity contribution in [1.29, 1.82) is 0 Å². The van der Waals surface area contributed by atoms with E-state index in [4.69, 9.17) is 16.3 Å². The quantitative estimate of drug-likeness (QED) is 0.609. The van der Waals surface area contributed by atoms with Crippen LogP contribution in [-0.2, 0) is 0 Å². The lowest BCUT2D eigenvalue weighted by molar-refractivity contribution is 0.0985. The number of nitrogens with one attached hydrogen (secondary N) is 1. The summed E-state index contributed by atoms with van der Waals surface area (Å²) >= 11 is 6.14. The van der Waals surface area contributed by atoms with Crippen molar-refractivity contribution in [2.45, 2.75) is 13.8 Å². The number of hydrogen-bond acceptors (Lipinski definition) is 3. The maximum absolute atomic E-state index is 13.0. The van der Waals surface area contributed by atoms with E-state index >= 15 is 0 Å². The van der Waals surface area contributed by atoms with Gasteiger partial charge in [-0.25, -0.2) is 0 Å². The summed E-state index contributed by atoms with van der Waals surface area (Å²) in [6, 6.07) is 17.5. The van der Waals surface area contributed by atoms with Crippen LogP contribution in [-0.4, -0.2) is 18.4 Å². The second kappa shape index (κ2) is 7.60. The molecule has 1 aliphatic heterocycles. The lowest BCUT2D eigenvalue weighted by atomic mass is 10.1. The topological polar surface area (TPSA) is 58.6 Å². The molecule has 0 saturated carbocycles. The minimum absolute atomic E-state index is 0.162. The summed E-state index contributed by atoms with van der Waals surface area (Å²) in [5.74, 6) is 0.579. The van der Waals surface area contributed by atoms with E-state index in [0.29, 0.717) is 45.6 Å². The summed E-state index contributed by atoms with van der Waals surface area (Å²) in [5, 5.41) is 3.47. The highest BCUT2D eigenvalue weighted by molar-refractivity contribution is 6.31. The van der Waals surface area contributed by atoms with Gasteiger partial charge in [0, 0.05) is 22.8 Å². The standard InChI is InChI=1S/C23H19ClN2O3/c1-3-26-19-13-15(22(27)25-18-9-6-8-17(24)14(18)2)11-12-21(19)29-20-10-5-4-7-16(20)23(26)28/h4-13H,3H2,1-2H3,(H,25,27). The van der Waals surface area contributed by atoms with Crippen LogP contribution in [0.2, 0.25) is 5.02 Å². The molecule has 0 aliphatic carbocycles. The van der Waals surface area contributed by atoms with E-state index in [0.717, 1.165) is 5.56 Å². The highest BCUT2D eigenvalue weighted by atomic mass is 35.5. The molecule has 0 aromatic heterocycles. The molecule has 1 N–H and O–H groups in total. The summed E-state index contributed by atoms with van der Waals surface area (Å²) < 4.78 is 5.98. The molecule has 1 heterocycles. The first kappa shape index (κ1) is 19.0. The van der Waals surface area contributed by atoms with Crippen LogP contribution in [0.25, 0.3) is 0 Å². The molecule has 146 valence electrons. The van der Waals surface area contributed by atoms with E-state index in [1.165, 1.54) is 0 Å². The van der Waals surface area contributed by atoms with Crippen molar-refractivity contribution in [1.82, 2.24) is 0 Å². The van der Waals surface area contributed by atoms with E-state index < -0.39 is 0 Å². The zero-order valence-corrected chi connectivity index (χ0v) is 16.8. The number of carbonyl (C=O) groups excluding carboxylic acids is 2. The molecule has 6 heteroatoms. The molecular formula is C23H19ClN2O3. The fourth-order valence-corrected chi connectivity index (χ4v) is 3.49. The van der Waals surface area contributed by atoms with Crippen LogP contribution in [0.5, 0.6) is 11.5 Å². The molecule has 1 aliphatic rings. The Morgan fingerprint density at radius 2 is 1.86 bits per heavy atom. The van der Waals surface area contributed by atoms with Gasteiger partial charge in [0.15, 0.2) is 5.75 Å². The average molecular weight is 407 g/mol. The summed E-state index contributed by atoms with van der Waals surface area (Å²) in [7, 11) is 0. The number of amides is 2. The molecule has 4 rings (SSSR count). The van der Waals surface area contributed by atoms with Crippen molar-refractivity contribution in [3.63, 3.8) is 0 Å². The van der Waals surface area contributed by atoms with Gasteiger partial charge in [-0.05, 0) is 61.9 Å². The molecule has 3 aromatic carbocycles. The first-order chi connectivity index (χ1) is 14.0. The Kier molecular flexibility index (Phi) is 4.99. The fourth-order valence-electron chi connectivity index (χ4n) is 3.31. The van der Waals surface area contributed by atoms with Crippen molar-refractivity contribution in [3.8, 4) is 11.5 Å². The van der Waals surface area contributed by atoms with Crippen molar-refractivity contribution in [3.05, 3.63) is 82.4 Å². The SMILES string of the molecule is CCN1C(=O)c2ccccc2Oc2ccc(C(=O)Nc3cccc(Cl)c3C)cc21. The largest absolute Gasteiger partial charge is 0.454 e. The highest BCUT2D eigenvalue weighted by Gasteiger charge is 2.27. The Morgan fingerprint density at radius 1 is 1.07 bits per heavy atom. The number of hydrogen-bond donors (Lipinski definition) is 1. The van der Waals surface area contributed by atoms with Crippen LogP contribution < -0.4 is 15.0 Å². The summed E-state index contributed by atoms with van der Waals surface area (Å²) in [4.78, 5) is 27.5. The maximum Gasteiger partial charge on any atom is 0.262 e. The van der Waals surface area contributed by atoms with Crippen LogP contribution in [0, 0.1) is 6.92 Å². The fraction of sp³-hybridized carbons (Fsp3) is 0.130. The molecule has 3 aromatic rings. The average Bonchev–Trinajstić information content (AvgIpc) is 2.84. The Balaban J connectivity index is 1.71. The molecule has 2 amide bonds. The maximum atomic E-state index is 13.0. The monoisotopic (exact) mass is 406 g/mol. The molecule has 0 bridgehead atoms. The number of ether oxygens (including phenoxy) is 1. The Bertz CT molecular complexity index is 1130. The van der Waals surface area contributed by atoms with Gasteiger partial charge in [-0.1, -0.05) is 29.8 Å². The summed E-state index contributed by atoms with van der Waals surface area (Å²) in [5.41, 5.74) is 2.91. The van der Waals surface area contributed by atoms with Crippen LogP contribution >= 0.6 is 11.6 Å². The van der Waals surface area contributed by atoms with Crippen molar-refractivity contribution in [2.24, 2.45) is 0 Å². The Hall–Kier alpha value is -3.31. The normalized spacial score (nSPS) is 12.5. The Labute approximate surface area is 173 Å². The molecule has 0 saturated heterocycles. The lowest BCUT2D eigenvalue weighted by Gasteiger charge is -2.21. The number of anilines is 2. The number of rotatable bonds is 3. The predicted molar refractivity (Wildman–Crippen MR) is 114 cm³/mol. The molecule has 0 unspecified atom stereocenters. The van der Waals surface area contributed by atoms with E-state index in [1.54, 1.807) is 59.5 Å². The number of nitrogens with zero attached hydrogens (tertiary/aromatic N) is 1. The number of benzene rings is 3. The zero-order valence-electron chi connectivity index (χ0n) is 16.0. The van der Waals surface area contributed by atoms with Gasteiger partial charge in [0.25, 0.3) is 11.8 Å². The van der Waals surface area contributed by atoms with E-state index in [9.17, 15) is 9.59 Å². The third-order valence-corrected chi connectivity index (χ3v) is 5.34. The molecule has 0 fully saturated rings. The Morgan fingerprint density at radius 3 is 2.66 bits per heavy atom. The van der Waals surface area contributed by atoms with E-state index in [-0.39, 0.29) is 11.8 Å². The second-order valence-corrected chi connectivity index (χ2v) is 7.10. The molecule has 0 spiro atoms. The minimum Gasteiger partial charge on any atom is -0.454 e. The molecular weight excluding hydrogens is 388 g/mol. The highest BCUT2D eigenvalue weighted by Crippen LogP contribution is 2.39. The van der Waals surface area contributed by atoms with Crippen LogP contribution in [0.3, 0.4) is 0 Å². The summed E-state index contributed by atoms with van der Waals surface area (Å²) in [6.45, 7) is 4.18. The van der Waals surface area contributed by atoms with Gasteiger partial charge in [0.05, 0.1) is 11.3 Å². The van der Waals surface area contributed by atoms with Gasteiger partial charge < -0.3 is 15.0 Å². The smallest absolute Gasteiger partial charge is 0.262 e. The zero-order chi connectivity index (χ0) is 20.5. The third-order valence-electron chi connectivity index (χ3n) is 4.93. The van der Waals surface area contributed by atoms with Gasteiger partial charge in [0.1, 0.15) is 5.75 Å². The third kappa shape index (κ3) is 3.45. The number of carbonyl (C=O) groups is 2. The van der Waals surface area contributed by atoms with Gasteiger partial charge in [-0.15, -0.1) is 0 Å². The van der Waals surface area contributed by atoms with Crippen molar-refractivity contribution in [2.75, 3.05) is 16.8 Å². The van der Waals surface area contributed by atoms with E-state index in [2.05, 4.69) is 5.32 Å². The molecule has 0 radical (unpaired) electrons. The van der Waals surface area contributed by atoms with Crippen LogP contribution in [0.4, 0.5) is 11.4 Å². The molecule has 5 nitrogen and oxygen atoms in total. The van der Waals surface area contributed by atoms with Crippen LogP contribution in [0.1, 0.15) is 33.2 Å². The lowest BCUT2D eigenvalue weighted by Crippen LogP contribution is -2.30. The van der Waals surface area contributed by atoms with Gasteiger partial charge in [0.2, 0.25) is 0 Å². The first-order valence-corrected chi connectivity index (χ1v) is 9.66. The second-order valence-electron chi connectivity index (χ2n) is 6.70. The van der Waals surface area contributed by atoms with Crippen molar-refractivity contribution >= 4 is 34.8 Å². The van der Waals surface area contributed by atoms with Gasteiger partial charge in [-0.2, -0.15) is 0 Å². The van der Waals surface area contributed by atoms with Gasteiger partial charge in [-0.3, -0.25) is 9.59 Å². The van der Waals surface area contributed by atoms with Crippen molar-refractivity contribution < 1.29 is 14.3 Å². The molecule has 29 heavy (non-hydrogen) atoms. The minimum atomic E-state index is -0.288.